The molecule has 0 bridgehead atoms. The Morgan fingerprint density at radius 3 is 2.61 bits per heavy atom. The number of aromatic carboxylic acids is 1. The van der Waals surface area contributed by atoms with E-state index in [1.165, 1.54) is 16.8 Å². The van der Waals surface area contributed by atoms with Gasteiger partial charge in [0.15, 0.2) is 0 Å². The number of carboxylic acids is 1. The van der Waals surface area contributed by atoms with E-state index in [9.17, 15) is 9.59 Å². The van der Waals surface area contributed by atoms with Gasteiger partial charge in [-0.05, 0) is 66.1 Å². The third-order valence-corrected chi connectivity index (χ3v) is 6.55. The van der Waals surface area contributed by atoms with E-state index >= 15 is 0 Å². The van der Waals surface area contributed by atoms with E-state index in [1.807, 2.05) is 26.0 Å². The van der Waals surface area contributed by atoms with Gasteiger partial charge in [0.1, 0.15) is 18.2 Å². The van der Waals surface area contributed by atoms with Gasteiger partial charge in [0, 0.05) is 10.4 Å². The molecule has 0 radical (unpaired) electrons. The maximum Gasteiger partial charge on any atom is 0.335 e. The van der Waals surface area contributed by atoms with Crippen molar-refractivity contribution in [2.45, 2.75) is 32.8 Å². The van der Waals surface area contributed by atoms with Gasteiger partial charge < -0.3 is 9.84 Å². The number of ether oxygens (including phenoxy) is 1. The predicted molar refractivity (Wildman–Crippen MR) is 145 cm³/mol. The van der Waals surface area contributed by atoms with Crippen molar-refractivity contribution < 1.29 is 14.6 Å². The minimum atomic E-state index is -0.978. The van der Waals surface area contributed by atoms with Crippen molar-refractivity contribution in [3.8, 4) is 5.75 Å². The molecule has 0 amide bonds. The van der Waals surface area contributed by atoms with Gasteiger partial charge in [-0.25, -0.2) is 9.78 Å². The van der Waals surface area contributed by atoms with Crippen LogP contribution in [0.3, 0.4) is 0 Å². The van der Waals surface area contributed by atoms with Crippen LogP contribution in [0.25, 0.3) is 10.9 Å². The Morgan fingerprint density at radius 1 is 1.19 bits per heavy atom. The zero-order valence-corrected chi connectivity index (χ0v) is 22.0. The van der Waals surface area contributed by atoms with E-state index in [0.717, 1.165) is 16.5 Å². The summed E-state index contributed by atoms with van der Waals surface area (Å²) in [5, 5.41) is 14.3. The Morgan fingerprint density at radius 2 is 1.94 bits per heavy atom. The van der Waals surface area contributed by atoms with Crippen LogP contribution in [0.4, 0.5) is 0 Å². The number of benzene rings is 3. The van der Waals surface area contributed by atoms with Crippen LogP contribution in [-0.2, 0) is 6.61 Å². The molecular weight excluding hydrogens is 546 g/mol. The Kier molecular flexibility index (Phi) is 7.86. The van der Waals surface area contributed by atoms with Crippen molar-refractivity contribution >= 4 is 50.6 Å². The maximum absolute atomic E-state index is 13.3. The first-order chi connectivity index (χ1) is 17.3. The maximum atomic E-state index is 13.3. The Balaban J connectivity index is 1.58. The molecule has 184 valence electrons. The van der Waals surface area contributed by atoms with E-state index in [4.69, 9.17) is 26.4 Å². The van der Waals surface area contributed by atoms with Crippen LogP contribution in [0.15, 0.2) is 75.0 Å². The van der Waals surface area contributed by atoms with Crippen molar-refractivity contribution in [1.82, 2.24) is 9.66 Å². The van der Waals surface area contributed by atoms with E-state index < -0.39 is 5.97 Å². The Labute approximate surface area is 221 Å². The summed E-state index contributed by atoms with van der Waals surface area (Å²) >= 11 is 9.84. The Bertz CT molecular complexity index is 1520. The molecule has 0 aliphatic heterocycles. The zero-order chi connectivity index (χ0) is 25.8. The van der Waals surface area contributed by atoms with E-state index in [0.29, 0.717) is 33.1 Å². The number of halogens is 2. The number of fused-ring (bicyclic) bond motifs is 1. The lowest BCUT2D eigenvalue weighted by Gasteiger charge is -2.14. The first-order valence-corrected chi connectivity index (χ1v) is 12.4. The fourth-order valence-corrected chi connectivity index (χ4v) is 4.13. The van der Waals surface area contributed by atoms with Gasteiger partial charge in [-0.15, -0.1) is 0 Å². The topological polar surface area (TPSA) is 93.8 Å². The molecular formula is C27H23BrClN3O4. The molecule has 1 heterocycles. The third-order valence-electron chi connectivity index (χ3n) is 5.76. The first kappa shape index (κ1) is 25.6. The fourth-order valence-electron chi connectivity index (χ4n) is 3.52. The van der Waals surface area contributed by atoms with Crippen LogP contribution in [-0.4, -0.2) is 27.0 Å². The van der Waals surface area contributed by atoms with Crippen LogP contribution in [0, 0.1) is 0 Å². The summed E-state index contributed by atoms with van der Waals surface area (Å²) in [5.74, 6) is 0.125. The SMILES string of the molecule is CC[C@@H](C)c1nc2ccc(Br)cc2c(=O)n1N=Cc1ccc(OCc2ccc(C(=O)O)cc2)c(Cl)c1. The number of carbonyl (C=O) groups is 1. The molecule has 1 atom stereocenters. The molecule has 3 aromatic carbocycles. The van der Waals surface area contributed by atoms with Crippen molar-refractivity contribution in [3.63, 3.8) is 0 Å². The monoisotopic (exact) mass is 567 g/mol. The molecule has 0 aliphatic rings. The lowest BCUT2D eigenvalue weighted by molar-refractivity contribution is 0.0697. The standard InChI is InChI=1S/C27H23BrClN3O4/c1-3-16(2)25-31-23-10-9-20(28)13-21(23)26(33)32(25)30-14-18-6-11-24(22(29)12-18)36-15-17-4-7-19(8-5-17)27(34)35/h4-14,16H,3,15H2,1-2H3,(H,34,35)/t16-/m1/s1. The van der Waals surface area contributed by atoms with Gasteiger partial charge in [-0.3, -0.25) is 4.79 Å². The molecule has 1 aromatic heterocycles. The van der Waals surface area contributed by atoms with Crippen LogP contribution in [0.2, 0.25) is 5.02 Å². The fraction of sp³-hybridized carbons (Fsp3) is 0.185. The van der Waals surface area contributed by atoms with E-state index in [1.54, 1.807) is 42.6 Å². The molecule has 0 spiro atoms. The van der Waals surface area contributed by atoms with Crippen LogP contribution < -0.4 is 10.3 Å². The minimum Gasteiger partial charge on any atom is -0.487 e. The van der Waals surface area contributed by atoms with Gasteiger partial charge in [-0.2, -0.15) is 9.78 Å². The summed E-state index contributed by atoms with van der Waals surface area (Å²) in [6.45, 7) is 4.28. The molecule has 4 aromatic rings. The van der Waals surface area contributed by atoms with Gasteiger partial charge in [0.25, 0.3) is 5.56 Å². The second kappa shape index (κ2) is 11.1. The summed E-state index contributed by atoms with van der Waals surface area (Å²) in [6, 6.07) is 17.1. The molecule has 0 aliphatic carbocycles. The normalized spacial score (nSPS) is 12.2. The molecule has 0 unspecified atom stereocenters. The van der Waals surface area contributed by atoms with Gasteiger partial charge >= 0.3 is 5.97 Å². The summed E-state index contributed by atoms with van der Waals surface area (Å²) in [5.41, 5.74) is 2.11. The number of aromatic nitrogens is 2. The summed E-state index contributed by atoms with van der Waals surface area (Å²) in [4.78, 5) is 28.9. The summed E-state index contributed by atoms with van der Waals surface area (Å²) < 4.78 is 7.93. The summed E-state index contributed by atoms with van der Waals surface area (Å²) in [7, 11) is 0. The lowest BCUT2D eigenvalue weighted by atomic mass is 10.1. The molecule has 4 rings (SSSR count). The molecule has 0 fully saturated rings. The van der Waals surface area contributed by atoms with Crippen LogP contribution in [0.5, 0.6) is 5.75 Å². The second-order valence-corrected chi connectivity index (χ2v) is 9.61. The van der Waals surface area contributed by atoms with Crippen molar-refractivity contribution in [1.29, 1.82) is 0 Å². The third kappa shape index (κ3) is 5.66. The lowest BCUT2D eigenvalue weighted by Crippen LogP contribution is -2.23. The van der Waals surface area contributed by atoms with Crippen LogP contribution in [0.1, 0.15) is 53.5 Å². The van der Waals surface area contributed by atoms with Crippen molar-refractivity contribution in [2.75, 3.05) is 0 Å². The smallest absolute Gasteiger partial charge is 0.335 e. The highest BCUT2D eigenvalue weighted by molar-refractivity contribution is 9.10. The average molecular weight is 569 g/mol. The highest BCUT2D eigenvalue weighted by Crippen LogP contribution is 2.26. The van der Waals surface area contributed by atoms with Gasteiger partial charge in [-0.1, -0.05) is 53.5 Å². The molecule has 36 heavy (non-hydrogen) atoms. The van der Waals surface area contributed by atoms with Crippen molar-refractivity contribution in [2.24, 2.45) is 5.10 Å². The summed E-state index contributed by atoms with van der Waals surface area (Å²) in [6.07, 6.45) is 2.37. The number of carboxylic acid groups (broad SMARTS) is 1. The van der Waals surface area contributed by atoms with Crippen molar-refractivity contribution in [3.05, 3.63) is 103 Å². The molecule has 0 saturated carbocycles. The molecule has 1 N–H and O–H groups in total. The van der Waals surface area contributed by atoms with E-state index in [2.05, 4.69) is 21.0 Å². The number of nitrogens with zero attached hydrogens (tertiary/aromatic N) is 3. The Hall–Kier alpha value is -3.49. The van der Waals surface area contributed by atoms with Crippen LogP contribution >= 0.6 is 27.5 Å². The second-order valence-electron chi connectivity index (χ2n) is 8.28. The molecule has 9 heteroatoms. The van der Waals surface area contributed by atoms with Gasteiger partial charge in [0.05, 0.1) is 27.7 Å². The molecule has 7 nitrogen and oxygen atoms in total. The molecule has 0 saturated heterocycles. The highest BCUT2D eigenvalue weighted by atomic mass is 79.9. The zero-order valence-electron chi connectivity index (χ0n) is 19.6. The predicted octanol–water partition coefficient (Wildman–Crippen LogP) is 6.49. The number of hydrogen-bond donors (Lipinski definition) is 1. The highest BCUT2D eigenvalue weighted by Gasteiger charge is 2.15. The number of rotatable bonds is 8. The van der Waals surface area contributed by atoms with Gasteiger partial charge in [0.2, 0.25) is 0 Å². The quantitative estimate of drug-likeness (QED) is 0.245. The number of hydrogen-bond acceptors (Lipinski definition) is 5. The minimum absolute atomic E-state index is 0.0341. The largest absolute Gasteiger partial charge is 0.487 e. The first-order valence-electron chi connectivity index (χ1n) is 11.3. The average Bonchev–Trinajstić information content (AvgIpc) is 2.87. The van der Waals surface area contributed by atoms with E-state index in [-0.39, 0.29) is 23.6 Å².